The lowest BCUT2D eigenvalue weighted by atomic mass is 9.68. The molecule has 0 saturated carbocycles. The molecular formula is C24H22O4. The van der Waals surface area contributed by atoms with Crippen LogP contribution in [0.4, 0.5) is 0 Å². The molecule has 0 aliphatic carbocycles. The van der Waals surface area contributed by atoms with Crippen molar-refractivity contribution in [1.82, 2.24) is 0 Å². The molecule has 0 spiro atoms. The van der Waals surface area contributed by atoms with E-state index in [2.05, 4.69) is 31.2 Å². The highest BCUT2D eigenvalue weighted by Crippen LogP contribution is 2.39. The summed E-state index contributed by atoms with van der Waals surface area (Å²) in [7, 11) is 0. The largest absolute Gasteiger partial charge is 0.478 e. The standard InChI is InChI=1S/C24H22O4/c1-2-24(18-9-5-3-6-10-18,19-11-7-4-8-12-19)16-17-13-14-20(22(25)26)21(15-17)23(27)28/h3-15H,2,16H2,1H3,(H,25,26)(H,27,28). The van der Waals surface area contributed by atoms with E-state index in [1.54, 1.807) is 6.07 Å². The molecule has 3 aromatic rings. The van der Waals surface area contributed by atoms with Gasteiger partial charge in [-0.25, -0.2) is 9.59 Å². The summed E-state index contributed by atoms with van der Waals surface area (Å²) in [5.74, 6) is -2.47. The zero-order valence-corrected chi connectivity index (χ0v) is 15.6. The van der Waals surface area contributed by atoms with Gasteiger partial charge in [0.15, 0.2) is 0 Å². The third-order valence-corrected chi connectivity index (χ3v) is 5.31. The Kier molecular flexibility index (Phi) is 5.59. The first kappa shape index (κ1) is 19.4. The van der Waals surface area contributed by atoms with Crippen molar-refractivity contribution < 1.29 is 19.8 Å². The Morgan fingerprint density at radius 1 is 0.750 bits per heavy atom. The summed E-state index contributed by atoms with van der Waals surface area (Å²) in [6.45, 7) is 2.11. The van der Waals surface area contributed by atoms with Gasteiger partial charge in [-0.1, -0.05) is 73.7 Å². The number of carbonyl (C=O) groups is 2. The average molecular weight is 374 g/mol. The molecule has 0 saturated heterocycles. The van der Waals surface area contributed by atoms with Crippen LogP contribution >= 0.6 is 0 Å². The van der Waals surface area contributed by atoms with Crippen LogP contribution in [-0.2, 0) is 11.8 Å². The van der Waals surface area contributed by atoms with Crippen LogP contribution in [0.15, 0.2) is 78.9 Å². The molecule has 0 radical (unpaired) electrons. The van der Waals surface area contributed by atoms with Gasteiger partial charge in [0, 0.05) is 5.41 Å². The van der Waals surface area contributed by atoms with E-state index in [1.807, 2.05) is 36.4 Å². The number of benzene rings is 3. The summed E-state index contributed by atoms with van der Waals surface area (Å²) in [4.78, 5) is 22.9. The Balaban J connectivity index is 2.15. The van der Waals surface area contributed by atoms with Gasteiger partial charge in [0.1, 0.15) is 0 Å². The maximum Gasteiger partial charge on any atom is 0.336 e. The molecule has 3 rings (SSSR count). The van der Waals surface area contributed by atoms with E-state index in [-0.39, 0.29) is 16.5 Å². The van der Waals surface area contributed by atoms with Gasteiger partial charge in [0.2, 0.25) is 0 Å². The molecule has 0 amide bonds. The van der Waals surface area contributed by atoms with E-state index >= 15 is 0 Å². The van der Waals surface area contributed by atoms with Gasteiger partial charge in [-0.15, -0.1) is 0 Å². The molecule has 0 heterocycles. The fourth-order valence-corrected chi connectivity index (χ4v) is 3.83. The van der Waals surface area contributed by atoms with Crippen LogP contribution in [0.25, 0.3) is 0 Å². The van der Waals surface area contributed by atoms with E-state index < -0.39 is 11.9 Å². The zero-order valence-electron chi connectivity index (χ0n) is 15.6. The smallest absolute Gasteiger partial charge is 0.336 e. The van der Waals surface area contributed by atoms with E-state index in [0.29, 0.717) is 6.42 Å². The van der Waals surface area contributed by atoms with Gasteiger partial charge in [-0.2, -0.15) is 0 Å². The fourth-order valence-electron chi connectivity index (χ4n) is 3.83. The molecule has 0 aliphatic rings. The molecule has 3 aromatic carbocycles. The summed E-state index contributed by atoms with van der Waals surface area (Å²) in [5.41, 5.74) is 2.35. The molecule has 0 atom stereocenters. The van der Waals surface area contributed by atoms with E-state index in [1.165, 1.54) is 12.1 Å². The van der Waals surface area contributed by atoms with Crippen molar-refractivity contribution in [2.24, 2.45) is 0 Å². The summed E-state index contributed by atoms with van der Waals surface area (Å²) >= 11 is 0. The Bertz CT molecular complexity index is 939. The van der Waals surface area contributed by atoms with Gasteiger partial charge in [0.25, 0.3) is 0 Å². The van der Waals surface area contributed by atoms with Crippen LogP contribution in [0.1, 0.15) is 50.8 Å². The zero-order chi connectivity index (χ0) is 20.1. The Labute approximate surface area is 164 Å². The summed E-state index contributed by atoms with van der Waals surface area (Å²) in [5, 5.41) is 18.7. The first-order chi connectivity index (χ1) is 13.5. The van der Waals surface area contributed by atoms with Gasteiger partial charge < -0.3 is 10.2 Å². The van der Waals surface area contributed by atoms with E-state index in [9.17, 15) is 19.8 Å². The lowest BCUT2D eigenvalue weighted by Crippen LogP contribution is -2.30. The number of rotatable bonds is 7. The second-order valence-corrected chi connectivity index (χ2v) is 6.83. The molecule has 28 heavy (non-hydrogen) atoms. The number of carboxylic acids is 2. The molecule has 2 N–H and O–H groups in total. The topological polar surface area (TPSA) is 74.6 Å². The van der Waals surface area contributed by atoms with Crippen molar-refractivity contribution >= 4 is 11.9 Å². The van der Waals surface area contributed by atoms with Crippen molar-refractivity contribution in [3.8, 4) is 0 Å². The summed E-state index contributed by atoms with van der Waals surface area (Å²) in [6, 6.07) is 24.9. The third-order valence-electron chi connectivity index (χ3n) is 5.31. The van der Waals surface area contributed by atoms with Crippen molar-refractivity contribution in [2.75, 3.05) is 0 Å². The van der Waals surface area contributed by atoms with E-state index in [0.717, 1.165) is 23.1 Å². The minimum absolute atomic E-state index is 0.184. The van der Waals surface area contributed by atoms with Crippen LogP contribution < -0.4 is 0 Å². The average Bonchev–Trinajstić information content (AvgIpc) is 2.73. The Morgan fingerprint density at radius 2 is 1.25 bits per heavy atom. The predicted molar refractivity (Wildman–Crippen MR) is 108 cm³/mol. The van der Waals surface area contributed by atoms with Crippen molar-refractivity contribution in [3.05, 3.63) is 107 Å². The van der Waals surface area contributed by atoms with Crippen molar-refractivity contribution in [1.29, 1.82) is 0 Å². The van der Waals surface area contributed by atoms with Crippen LogP contribution in [-0.4, -0.2) is 22.2 Å². The van der Waals surface area contributed by atoms with Gasteiger partial charge in [0.05, 0.1) is 11.1 Å². The van der Waals surface area contributed by atoms with Crippen LogP contribution in [0.5, 0.6) is 0 Å². The highest BCUT2D eigenvalue weighted by Gasteiger charge is 2.33. The Morgan fingerprint density at radius 3 is 1.68 bits per heavy atom. The number of aromatic carboxylic acids is 2. The molecule has 4 nitrogen and oxygen atoms in total. The number of hydrogen-bond acceptors (Lipinski definition) is 2. The monoisotopic (exact) mass is 374 g/mol. The maximum absolute atomic E-state index is 11.6. The summed E-state index contributed by atoms with van der Waals surface area (Å²) < 4.78 is 0. The number of hydrogen-bond donors (Lipinski definition) is 2. The summed E-state index contributed by atoms with van der Waals surface area (Å²) in [6.07, 6.45) is 1.38. The van der Waals surface area contributed by atoms with Gasteiger partial charge in [-0.3, -0.25) is 0 Å². The first-order valence-electron chi connectivity index (χ1n) is 9.18. The molecule has 0 bridgehead atoms. The normalized spacial score (nSPS) is 11.2. The molecule has 0 unspecified atom stereocenters. The van der Waals surface area contributed by atoms with Crippen LogP contribution in [0, 0.1) is 0 Å². The highest BCUT2D eigenvalue weighted by atomic mass is 16.4. The SMILES string of the molecule is CCC(Cc1ccc(C(=O)O)c(C(=O)O)c1)(c1ccccc1)c1ccccc1. The minimum atomic E-state index is -1.24. The number of carboxylic acid groups (broad SMARTS) is 2. The predicted octanol–water partition coefficient (Wildman–Crippen LogP) is 5.02. The van der Waals surface area contributed by atoms with Gasteiger partial charge in [-0.05, 0) is 41.7 Å². The fraction of sp³-hybridized carbons (Fsp3) is 0.167. The first-order valence-corrected chi connectivity index (χ1v) is 9.18. The minimum Gasteiger partial charge on any atom is -0.478 e. The molecule has 0 aromatic heterocycles. The van der Waals surface area contributed by atoms with Crippen molar-refractivity contribution in [2.45, 2.75) is 25.2 Å². The lowest BCUT2D eigenvalue weighted by molar-refractivity contribution is 0.0651. The molecular weight excluding hydrogens is 352 g/mol. The van der Waals surface area contributed by atoms with Gasteiger partial charge >= 0.3 is 11.9 Å². The second-order valence-electron chi connectivity index (χ2n) is 6.83. The second kappa shape index (κ2) is 8.09. The Hall–Kier alpha value is -3.40. The molecule has 4 heteroatoms. The van der Waals surface area contributed by atoms with Crippen molar-refractivity contribution in [3.63, 3.8) is 0 Å². The van der Waals surface area contributed by atoms with E-state index in [4.69, 9.17) is 0 Å². The molecule has 142 valence electrons. The lowest BCUT2D eigenvalue weighted by Gasteiger charge is -2.35. The molecule has 0 fully saturated rings. The highest BCUT2D eigenvalue weighted by molar-refractivity contribution is 6.01. The quantitative estimate of drug-likeness (QED) is 0.609. The third kappa shape index (κ3) is 3.67. The van der Waals surface area contributed by atoms with Crippen LogP contribution in [0.2, 0.25) is 0 Å². The maximum atomic E-state index is 11.6. The molecule has 0 aliphatic heterocycles. The van der Waals surface area contributed by atoms with Crippen LogP contribution in [0.3, 0.4) is 0 Å².